The lowest BCUT2D eigenvalue weighted by atomic mass is 10.1. The van der Waals surface area contributed by atoms with E-state index in [0.717, 1.165) is 25.0 Å². The Morgan fingerprint density at radius 3 is 2.67 bits per heavy atom. The first kappa shape index (κ1) is 27.8. The van der Waals surface area contributed by atoms with Crippen LogP contribution in [0.15, 0.2) is 48.8 Å². The Kier molecular flexibility index (Phi) is 8.17. The van der Waals surface area contributed by atoms with Crippen molar-refractivity contribution in [2.24, 2.45) is 5.92 Å². The normalized spacial score (nSPS) is 19.4. The van der Waals surface area contributed by atoms with E-state index in [0.29, 0.717) is 43.2 Å². The van der Waals surface area contributed by atoms with Crippen LogP contribution in [0.3, 0.4) is 0 Å². The molecule has 212 valence electrons. The van der Waals surface area contributed by atoms with Crippen molar-refractivity contribution in [1.82, 2.24) is 14.8 Å². The number of benzene rings is 1. The molecule has 2 atom stereocenters. The molecule has 4 heterocycles. The van der Waals surface area contributed by atoms with Gasteiger partial charge in [-0.1, -0.05) is 0 Å². The second-order valence-corrected chi connectivity index (χ2v) is 10.00. The summed E-state index contributed by atoms with van der Waals surface area (Å²) in [6, 6.07) is 8.96. The summed E-state index contributed by atoms with van der Waals surface area (Å²) in [6.45, 7) is 1.66. The lowest BCUT2D eigenvalue weighted by Gasteiger charge is -2.26. The summed E-state index contributed by atoms with van der Waals surface area (Å²) in [4.78, 5) is 32.0. The van der Waals surface area contributed by atoms with Gasteiger partial charge in [0.05, 0.1) is 24.3 Å². The van der Waals surface area contributed by atoms with Crippen molar-refractivity contribution in [3.8, 4) is 17.0 Å². The predicted octanol–water partition coefficient (Wildman–Crippen LogP) is 5.06. The molecule has 2 aliphatic rings. The first-order chi connectivity index (χ1) is 19.2. The molecule has 5 rings (SSSR count). The molecule has 0 aliphatic carbocycles. The number of carbonyl (C=O) groups is 2. The third-order valence-corrected chi connectivity index (χ3v) is 6.95. The number of methoxy groups -OCH3 is 1. The van der Waals surface area contributed by atoms with Crippen LogP contribution in [0.2, 0.25) is 0 Å². The second-order valence-electron chi connectivity index (χ2n) is 9.56. The van der Waals surface area contributed by atoms with E-state index in [-0.39, 0.29) is 29.4 Å². The van der Waals surface area contributed by atoms with Crippen LogP contribution in [-0.4, -0.2) is 59.0 Å². The number of nitrogens with one attached hydrogen (secondary N) is 1. The number of anilines is 2. The van der Waals surface area contributed by atoms with E-state index in [1.54, 1.807) is 16.9 Å². The minimum atomic E-state index is -3.84. The number of halogens is 3. The van der Waals surface area contributed by atoms with Crippen molar-refractivity contribution < 1.29 is 32.6 Å². The van der Waals surface area contributed by atoms with Gasteiger partial charge >= 0.3 is 11.5 Å². The van der Waals surface area contributed by atoms with Crippen LogP contribution < -0.4 is 15.0 Å². The predicted molar refractivity (Wildman–Crippen MR) is 142 cm³/mol. The van der Waals surface area contributed by atoms with Crippen LogP contribution in [0.5, 0.6) is 5.75 Å². The number of pyridine rings is 1. The summed E-state index contributed by atoms with van der Waals surface area (Å²) in [5, 5.41) is 7.25. The Balaban J connectivity index is 1.44. The van der Waals surface area contributed by atoms with Crippen molar-refractivity contribution in [2.45, 2.75) is 37.5 Å². The standard InChI is InChI=1S/C27H28ClF2N5O5/c1-38-26(37)17-10-12-34(16-17)24-21(22-9-11-32-35(22)23-4-2-3-13-39-23)14-18(15-31-24)25(36)33-19-5-7-20(8-6-19)40-27(28,29)30/h5-9,11,14-15,17,23H,2-4,10,12-13,16H2,1H3,(H,33,36). The van der Waals surface area contributed by atoms with Gasteiger partial charge in [-0.2, -0.15) is 5.10 Å². The van der Waals surface area contributed by atoms with Crippen LogP contribution in [0.25, 0.3) is 11.3 Å². The number of hydrogen-bond donors (Lipinski definition) is 1. The van der Waals surface area contributed by atoms with Gasteiger partial charge in [0.2, 0.25) is 0 Å². The Hall–Kier alpha value is -3.77. The summed E-state index contributed by atoms with van der Waals surface area (Å²) >= 11 is 4.81. The Morgan fingerprint density at radius 1 is 1.18 bits per heavy atom. The molecule has 13 heteroatoms. The van der Waals surface area contributed by atoms with E-state index in [4.69, 9.17) is 21.1 Å². The second kappa shape index (κ2) is 11.8. The van der Waals surface area contributed by atoms with Crippen LogP contribution in [0, 0.1) is 5.92 Å². The zero-order valence-corrected chi connectivity index (χ0v) is 22.4. The van der Waals surface area contributed by atoms with Crippen LogP contribution in [-0.2, 0) is 14.3 Å². The van der Waals surface area contributed by atoms with Gasteiger partial charge in [0, 0.05) is 54.9 Å². The summed E-state index contributed by atoms with van der Waals surface area (Å²) in [7, 11) is 1.37. The smallest absolute Gasteiger partial charge is 0.469 e. The molecule has 2 unspecified atom stereocenters. The molecule has 2 aliphatic heterocycles. The number of esters is 1. The quantitative estimate of drug-likeness (QED) is 0.293. The average molecular weight is 576 g/mol. The average Bonchev–Trinajstić information content (AvgIpc) is 3.64. The van der Waals surface area contributed by atoms with Gasteiger partial charge in [0.1, 0.15) is 11.6 Å². The molecule has 40 heavy (non-hydrogen) atoms. The van der Waals surface area contributed by atoms with Crippen molar-refractivity contribution in [3.05, 3.63) is 54.4 Å². The first-order valence-electron chi connectivity index (χ1n) is 12.9. The lowest BCUT2D eigenvalue weighted by molar-refractivity contribution is -0.144. The van der Waals surface area contributed by atoms with Crippen molar-refractivity contribution in [1.29, 1.82) is 0 Å². The van der Waals surface area contributed by atoms with Crippen molar-refractivity contribution >= 4 is 35.0 Å². The van der Waals surface area contributed by atoms with E-state index < -0.39 is 11.5 Å². The van der Waals surface area contributed by atoms with E-state index >= 15 is 0 Å². The summed E-state index contributed by atoms with van der Waals surface area (Å²) in [6.07, 6.45) is 6.32. The number of hydrogen-bond acceptors (Lipinski definition) is 8. The van der Waals surface area contributed by atoms with Gasteiger partial charge in [0.25, 0.3) is 5.91 Å². The highest BCUT2D eigenvalue weighted by molar-refractivity contribution is 6.20. The van der Waals surface area contributed by atoms with Crippen molar-refractivity contribution in [2.75, 3.05) is 37.0 Å². The maximum Gasteiger partial charge on any atom is 0.487 e. The molecule has 1 aromatic carbocycles. The number of rotatable bonds is 8. The molecule has 0 radical (unpaired) electrons. The third-order valence-electron chi connectivity index (χ3n) is 6.87. The number of amides is 1. The van der Waals surface area contributed by atoms with E-state index in [1.807, 2.05) is 11.0 Å². The fourth-order valence-electron chi connectivity index (χ4n) is 4.95. The number of carbonyl (C=O) groups excluding carboxylic acids is 2. The molecule has 0 spiro atoms. The molecule has 0 bridgehead atoms. The SMILES string of the molecule is COC(=O)C1CCN(c2ncc(C(=O)Nc3ccc(OC(F)(F)Cl)cc3)cc2-c2ccnn2C2CCCCO2)C1. The van der Waals surface area contributed by atoms with Gasteiger partial charge in [-0.25, -0.2) is 9.67 Å². The molecule has 2 saturated heterocycles. The monoisotopic (exact) mass is 575 g/mol. The van der Waals surface area contributed by atoms with Crippen LogP contribution in [0.4, 0.5) is 20.3 Å². The molecule has 2 fully saturated rings. The highest BCUT2D eigenvalue weighted by atomic mass is 35.5. The van der Waals surface area contributed by atoms with Crippen molar-refractivity contribution in [3.63, 3.8) is 0 Å². The summed E-state index contributed by atoms with van der Waals surface area (Å²) in [5.74, 6) is -0.540. The zero-order chi connectivity index (χ0) is 28.3. The molecule has 2 aromatic heterocycles. The molecule has 1 amide bonds. The molecule has 1 N–H and O–H groups in total. The van der Waals surface area contributed by atoms with E-state index in [9.17, 15) is 18.4 Å². The van der Waals surface area contributed by atoms with Gasteiger partial charge in [-0.15, -0.1) is 8.78 Å². The fraction of sp³-hybridized carbons (Fsp3) is 0.407. The molecular weight excluding hydrogens is 548 g/mol. The zero-order valence-electron chi connectivity index (χ0n) is 21.7. The number of aromatic nitrogens is 3. The van der Waals surface area contributed by atoms with Gasteiger partial charge in [-0.05, 0) is 62.1 Å². The molecule has 0 saturated carbocycles. The van der Waals surface area contributed by atoms with Crippen LogP contribution >= 0.6 is 11.6 Å². The number of alkyl halides is 3. The maximum absolute atomic E-state index is 13.2. The van der Waals surface area contributed by atoms with E-state index in [1.165, 1.54) is 37.6 Å². The minimum Gasteiger partial charge on any atom is -0.469 e. The molecular formula is C27H28ClF2N5O5. The first-order valence-corrected chi connectivity index (χ1v) is 13.2. The van der Waals surface area contributed by atoms with Gasteiger partial charge < -0.3 is 24.4 Å². The topological polar surface area (TPSA) is 108 Å². The fourth-order valence-corrected chi connectivity index (χ4v) is 5.04. The largest absolute Gasteiger partial charge is 0.487 e. The number of nitrogens with zero attached hydrogens (tertiary/aromatic N) is 4. The van der Waals surface area contributed by atoms with Gasteiger partial charge in [-0.3, -0.25) is 9.59 Å². The Bertz CT molecular complexity index is 1360. The highest BCUT2D eigenvalue weighted by Gasteiger charge is 2.32. The number of ether oxygens (including phenoxy) is 3. The van der Waals surface area contributed by atoms with E-state index in [2.05, 4.69) is 20.1 Å². The van der Waals surface area contributed by atoms with Gasteiger partial charge in [0.15, 0.2) is 6.23 Å². The van der Waals surface area contributed by atoms with Crippen LogP contribution in [0.1, 0.15) is 42.3 Å². The lowest BCUT2D eigenvalue weighted by Crippen LogP contribution is -2.26. The third kappa shape index (κ3) is 6.34. The Morgan fingerprint density at radius 2 is 1.98 bits per heavy atom. The minimum absolute atomic E-state index is 0.152. The molecule has 10 nitrogen and oxygen atoms in total. The Labute approximate surface area is 234 Å². The highest BCUT2D eigenvalue weighted by Crippen LogP contribution is 2.36. The summed E-state index contributed by atoms with van der Waals surface area (Å²) in [5.41, 5.74) is -1.81. The summed E-state index contributed by atoms with van der Waals surface area (Å²) < 4.78 is 42.8. The maximum atomic E-state index is 13.2. The molecule has 3 aromatic rings.